The predicted molar refractivity (Wildman–Crippen MR) is 155 cm³/mol. The summed E-state index contributed by atoms with van der Waals surface area (Å²) in [6, 6.07) is 17.4. The molecule has 39 heavy (non-hydrogen) atoms. The van der Waals surface area contributed by atoms with Crippen LogP contribution in [0.5, 0.6) is 11.5 Å². The number of rotatable bonds is 7. The van der Waals surface area contributed by atoms with Gasteiger partial charge in [-0.25, -0.2) is 9.78 Å². The number of hydrogen-bond donors (Lipinski definition) is 2. The minimum Gasteiger partial charge on any atom is -0.478 e. The van der Waals surface area contributed by atoms with Gasteiger partial charge in [0.05, 0.1) is 6.20 Å². The van der Waals surface area contributed by atoms with Crippen molar-refractivity contribution in [1.82, 2.24) is 14.9 Å². The van der Waals surface area contributed by atoms with E-state index in [1.807, 2.05) is 42.6 Å². The molecule has 6 rings (SSSR count). The first kappa shape index (κ1) is 25.5. The number of aromatic amines is 1. The maximum Gasteiger partial charge on any atom is 0.339 e. The van der Waals surface area contributed by atoms with Crippen molar-refractivity contribution in [2.45, 2.75) is 25.7 Å². The zero-order valence-corrected chi connectivity index (χ0v) is 22.5. The molecule has 1 aliphatic heterocycles. The lowest BCUT2D eigenvalue weighted by Crippen LogP contribution is -2.47. The van der Waals surface area contributed by atoms with Crippen LogP contribution in [0.3, 0.4) is 0 Å². The molecule has 1 aliphatic carbocycles. The molecule has 0 amide bonds. The maximum absolute atomic E-state index is 11.9. The number of pyridine rings is 1. The summed E-state index contributed by atoms with van der Waals surface area (Å²) in [5.74, 6) is -0.197. The number of carboxylic acids is 1. The molecule has 4 aromatic rings. The highest BCUT2D eigenvalue weighted by Crippen LogP contribution is 2.34. The van der Waals surface area contributed by atoms with E-state index in [0.29, 0.717) is 11.5 Å². The Kier molecular flexibility index (Phi) is 7.26. The van der Waals surface area contributed by atoms with Gasteiger partial charge >= 0.3 is 5.97 Å². The van der Waals surface area contributed by atoms with Crippen LogP contribution in [0.4, 0.5) is 5.69 Å². The maximum atomic E-state index is 11.9. The highest BCUT2D eigenvalue weighted by molar-refractivity contribution is 6.30. The van der Waals surface area contributed by atoms with Gasteiger partial charge in [-0.2, -0.15) is 0 Å². The SMILES string of the molecule is O=C(O)c1ccc(N2CCN(CC3=C(c4ccc(Cl)cc4)CCCC3)CC2)cc1Oc1cnc2[nH]ccc2c1. The van der Waals surface area contributed by atoms with Crippen molar-refractivity contribution in [3.8, 4) is 11.5 Å². The van der Waals surface area contributed by atoms with Gasteiger partial charge in [0.15, 0.2) is 0 Å². The number of benzene rings is 2. The Labute approximate surface area is 232 Å². The van der Waals surface area contributed by atoms with Gasteiger partial charge in [-0.05, 0) is 73.2 Å². The molecule has 7 nitrogen and oxygen atoms in total. The van der Waals surface area contributed by atoms with Crippen LogP contribution in [0.2, 0.25) is 5.02 Å². The third-order valence-corrected chi connectivity index (χ3v) is 7.98. The molecule has 0 spiro atoms. The van der Waals surface area contributed by atoms with Gasteiger partial charge in [-0.1, -0.05) is 29.3 Å². The topological polar surface area (TPSA) is 81.7 Å². The minimum atomic E-state index is -1.02. The van der Waals surface area contributed by atoms with E-state index in [1.54, 1.807) is 17.8 Å². The number of aromatic nitrogens is 2. The molecule has 0 unspecified atom stereocenters. The van der Waals surface area contributed by atoms with E-state index in [9.17, 15) is 9.90 Å². The van der Waals surface area contributed by atoms with Crippen molar-refractivity contribution >= 4 is 39.9 Å². The number of H-pyrrole nitrogens is 1. The summed E-state index contributed by atoms with van der Waals surface area (Å²) < 4.78 is 6.05. The molecule has 2 aromatic carbocycles. The molecule has 1 saturated heterocycles. The number of allylic oxidation sites excluding steroid dienone is 1. The van der Waals surface area contributed by atoms with E-state index in [0.717, 1.165) is 67.3 Å². The van der Waals surface area contributed by atoms with E-state index < -0.39 is 5.97 Å². The van der Waals surface area contributed by atoms with Gasteiger partial charge in [0, 0.05) is 61.1 Å². The summed E-state index contributed by atoms with van der Waals surface area (Å²) in [7, 11) is 0. The van der Waals surface area contributed by atoms with E-state index in [1.165, 1.54) is 24.0 Å². The van der Waals surface area contributed by atoms with Gasteiger partial charge < -0.3 is 19.7 Å². The Hall–Kier alpha value is -3.81. The molecule has 0 bridgehead atoms. The summed E-state index contributed by atoms with van der Waals surface area (Å²) in [5.41, 5.74) is 6.18. The summed E-state index contributed by atoms with van der Waals surface area (Å²) in [4.78, 5) is 24.2. The summed E-state index contributed by atoms with van der Waals surface area (Å²) in [6.07, 6.45) is 8.18. The van der Waals surface area contributed by atoms with Crippen molar-refractivity contribution in [2.24, 2.45) is 0 Å². The summed E-state index contributed by atoms with van der Waals surface area (Å²) in [5, 5.41) is 11.4. The first-order valence-electron chi connectivity index (χ1n) is 13.5. The Morgan fingerprint density at radius 3 is 2.59 bits per heavy atom. The molecule has 2 N–H and O–H groups in total. The van der Waals surface area contributed by atoms with Crippen molar-refractivity contribution in [2.75, 3.05) is 37.6 Å². The summed E-state index contributed by atoms with van der Waals surface area (Å²) >= 11 is 6.13. The molecule has 0 saturated carbocycles. The lowest BCUT2D eigenvalue weighted by Gasteiger charge is -2.37. The average molecular weight is 543 g/mol. The predicted octanol–water partition coefficient (Wildman–Crippen LogP) is 6.86. The van der Waals surface area contributed by atoms with Crippen LogP contribution in [-0.2, 0) is 0 Å². The van der Waals surface area contributed by atoms with Crippen molar-refractivity contribution in [3.05, 3.63) is 88.7 Å². The number of fused-ring (bicyclic) bond motifs is 1. The van der Waals surface area contributed by atoms with Crippen LogP contribution < -0.4 is 9.64 Å². The second-order valence-electron chi connectivity index (χ2n) is 10.2. The largest absolute Gasteiger partial charge is 0.478 e. The number of nitrogens with zero attached hydrogens (tertiary/aromatic N) is 3. The zero-order valence-electron chi connectivity index (χ0n) is 21.7. The quantitative estimate of drug-likeness (QED) is 0.265. The van der Waals surface area contributed by atoms with Crippen molar-refractivity contribution in [3.63, 3.8) is 0 Å². The van der Waals surface area contributed by atoms with Gasteiger partial charge in [0.2, 0.25) is 0 Å². The molecule has 200 valence electrons. The smallest absolute Gasteiger partial charge is 0.339 e. The molecular weight excluding hydrogens is 512 g/mol. The standard InChI is InChI=1S/C31H31ClN4O3/c32-24-7-5-21(6-8-24)27-4-2-1-3-23(27)20-35-13-15-36(16-14-35)25-9-10-28(31(37)38)29(18-25)39-26-17-22-11-12-33-30(22)34-19-26/h5-12,17-19H,1-4,13-16,20H2,(H,33,34)(H,37,38). The summed E-state index contributed by atoms with van der Waals surface area (Å²) in [6.45, 7) is 4.62. The van der Waals surface area contributed by atoms with Crippen LogP contribution in [0.25, 0.3) is 16.6 Å². The normalized spacial score (nSPS) is 16.6. The van der Waals surface area contributed by atoms with Crippen LogP contribution >= 0.6 is 11.6 Å². The van der Waals surface area contributed by atoms with Crippen LogP contribution in [0.15, 0.2) is 72.6 Å². The van der Waals surface area contributed by atoms with Crippen LogP contribution in [0, 0.1) is 0 Å². The molecule has 3 heterocycles. The lowest BCUT2D eigenvalue weighted by atomic mass is 9.87. The Morgan fingerprint density at radius 1 is 1.00 bits per heavy atom. The monoisotopic (exact) mass is 542 g/mol. The van der Waals surface area contributed by atoms with E-state index in [-0.39, 0.29) is 5.56 Å². The number of halogens is 1. The second kappa shape index (κ2) is 11.1. The number of nitrogens with one attached hydrogen (secondary N) is 1. The molecule has 1 fully saturated rings. The van der Waals surface area contributed by atoms with Gasteiger partial charge in [-0.3, -0.25) is 4.90 Å². The Bertz CT molecular complexity index is 1520. The number of hydrogen-bond acceptors (Lipinski definition) is 5. The number of carboxylic acid groups (broad SMARTS) is 1. The molecular formula is C31H31ClN4O3. The molecule has 2 aromatic heterocycles. The molecule has 2 aliphatic rings. The fourth-order valence-electron chi connectivity index (χ4n) is 5.65. The fourth-order valence-corrected chi connectivity index (χ4v) is 5.77. The van der Waals surface area contributed by atoms with Crippen molar-refractivity contribution < 1.29 is 14.6 Å². The highest BCUT2D eigenvalue weighted by Gasteiger charge is 2.23. The lowest BCUT2D eigenvalue weighted by molar-refractivity contribution is 0.0694. The first-order chi connectivity index (χ1) is 19.0. The van der Waals surface area contributed by atoms with E-state index >= 15 is 0 Å². The van der Waals surface area contributed by atoms with E-state index in [4.69, 9.17) is 16.3 Å². The molecule has 0 atom stereocenters. The number of piperazine rings is 1. The van der Waals surface area contributed by atoms with Crippen molar-refractivity contribution in [1.29, 1.82) is 0 Å². The number of carbonyl (C=O) groups is 1. The average Bonchev–Trinajstić information content (AvgIpc) is 3.42. The second-order valence-corrected chi connectivity index (χ2v) is 10.7. The molecule has 8 heteroatoms. The van der Waals surface area contributed by atoms with Gasteiger partial charge in [0.1, 0.15) is 22.7 Å². The zero-order chi connectivity index (χ0) is 26.8. The number of anilines is 1. The molecule has 0 radical (unpaired) electrons. The third kappa shape index (κ3) is 5.65. The Morgan fingerprint density at radius 2 is 1.79 bits per heavy atom. The fraction of sp³-hybridized carbons (Fsp3) is 0.290. The van der Waals surface area contributed by atoms with Gasteiger partial charge in [-0.15, -0.1) is 0 Å². The van der Waals surface area contributed by atoms with Gasteiger partial charge in [0.25, 0.3) is 0 Å². The van der Waals surface area contributed by atoms with E-state index in [2.05, 4.69) is 31.9 Å². The van der Waals surface area contributed by atoms with Crippen LogP contribution in [-0.4, -0.2) is 58.7 Å². The highest BCUT2D eigenvalue weighted by atomic mass is 35.5. The minimum absolute atomic E-state index is 0.130. The Balaban J connectivity index is 1.16. The number of aromatic carboxylic acids is 1. The first-order valence-corrected chi connectivity index (χ1v) is 13.8. The third-order valence-electron chi connectivity index (χ3n) is 7.73. The van der Waals surface area contributed by atoms with Crippen LogP contribution in [0.1, 0.15) is 41.6 Å². The number of ether oxygens (including phenoxy) is 1.